The van der Waals surface area contributed by atoms with Gasteiger partial charge in [0.15, 0.2) is 0 Å². The van der Waals surface area contributed by atoms with E-state index in [1.54, 1.807) is 0 Å². The Labute approximate surface area is 146 Å². The van der Waals surface area contributed by atoms with Gasteiger partial charge in [-0.05, 0) is 63.9 Å². The lowest BCUT2D eigenvalue weighted by molar-refractivity contribution is -0.238. The molecule has 2 aliphatic heterocycles. The average Bonchev–Trinajstić information content (AvgIpc) is 2.53. The highest BCUT2D eigenvalue weighted by Crippen LogP contribution is 2.43. The Morgan fingerprint density at radius 2 is 2.00 bits per heavy atom. The van der Waals surface area contributed by atoms with Crippen LogP contribution in [0.3, 0.4) is 0 Å². The van der Waals surface area contributed by atoms with Gasteiger partial charge in [-0.2, -0.15) is 0 Å². The number of ether oxygens (including phenoxy) is 1. The zero-order chi connectivity index (χ0) is 18.0. The summed E-state index contributed by atoms with van der Waals surface area (Å²) in [5, 5.41) is 31.4. The molecule has 0 aliphatic carbocycles. The minimum atomic E-state index is -0.892. The maximum Gasteiger partial charge on any atom is 0.106 e. The third-order valence-electron chi connectivity index (χ3n) is 5.96. The topological polar surface area (TPSA) is 69.9 Å². The fourth-order valence-corrected chi connectivity index (χ4v) is 3.80. The first kappa shape index (κ1) is 19.6. The third kappa shape index (κ3) is 4.10. The van der Waals surface area contributed by atoms with Crippen LogP contribution in [-0.4, -0.2) is 45.3 Å². The van der Waals surface area contributed by atoms with Crippen LogP contribution in [0.25, 0.3) is 0 Å². The molecule has 4 heteroatoms. The Hall–Kier alpha value is -0.680. The summed E-state index contributed by atoms with van der Waals surface area (Å²) >= 11 is 0. The van der Waals surface area contributed by atoms with Crippen LogP contribution in [0.4, 0.5) is 0 Å². The van der Waals surface area contributed by atoms with Crippen LogP contribution >= 0.6 is 0 Å². The molecule has 24 heavy (non-hydrogen) atoms. The Kier molecular flexibility index (Phi) is 6.29. The van der Waals surface area contributed by atoms with Crippen molar-refractivity contribution in [2.45, 2.75) is 89.6 Å². The monoisotopic (exact) mass is 338 g/mol. The van der Waals surface area contributed by atoms with Crippen LogP contribution in [0.1, 0.15) is 66.2 Å². The number of fused-ring (bicyclic) bond motifs is 2. The van der Waals surface area contributed by atoms with Crippen LogP contribution in [0.2, 0.25) is 0 Å². The molecule has 2 heterocycles. The summed E-state index contributed by atoms with van der Waals surface area (Å²) in [6.07, 6.45) is 7.36. The highest BCUT2D eigenvalue weighted by atomic mass is 16.5. The quantitative estimate of drug-likeness (QED) is 0.677. The summed E-state index contributed by atoms with van der Waals surface area (Å²) in [7, 11) is 0. The van der Waals surface area contributed by atoms with E-state index in [2.05, 4.69) is 13.0 Å². The zero-order valence-corrected chi connectivity index (χ0v) is 15.6. The van der Waals surface area contributed by atoms with E-state index in [9.17, 15) is 15.3 Å². The van der Waals surface area contributed by atoms with Gasteiger partial charge in [-0.1, -0.05) is 31.6 Å². The predicted octanol–water partition coefficient (Wildman–Crippen LogP) is 3.11. The van der Waals surface area contributed by atoms with E-state index < -0.39 is 23.4 Å². The van der Waals surface area contributed by atoms with Crippen molar-refractivity contribution in [1.29, 1.82) is 0 Å². The molecule has 138 valence electrons. The second-order valence-electron chi connectivity index (χ2n) is 8.12. The fraction of sp³-hybridized carbons (Fsp3) is 0.800. The van der Waals surface area contributed by atoms with Crippen LogP contribution in [0.5, 0.6) is 0 Å². The van der Waals surface area contributed by atoms with Gasteiger partial charge in [0.25, 0.3) is 0 Å². The number of allylic oxidation sites excluding steroid dienone is 2. The van der Waals surface area contributed by atoms with Crippen molar-refractivity contribution in [2.24, 2.45) is 5.92 Å². The van der Waals surface area contributed by atoms with Gasteiger partial charge in [-0.25, -0.2) is 0 Å². The second-order valence-corrected chi connectivity index (χ2v) is 8.12. The van der Waals surface area contributed by atoms with E-state index in [0.717, 1.165) is 18.4 Å². The summed E-state index contributed by atoms with van der Waals surface area (Å²) in [6, 6.07) is 0. The molecule has 0 aromatic heterocycles. The average molecular weight is 338 g/mol. The van der Waals surface area contributed by atoms with E-state index in [4.69, 9.17) is 4.74 Å². The number of hydrogen-bond donors (Lipinski definition) is 3. The molecule has 0 spiro atoms. The van der Waals surface area contributed by atoms with Crippen molar-refractivity contribution in [2.75, 3.05) is 6.61 Å². The van der Waals surface area contributed by atoms with Gasteiger partial charge in [0.1, 0.15) is 6.10 Å². The molecule has 0 saturated carbocycles. The summed E-state index contributed by atoms with van der Waals surface area (Å²) in [5.41, 5.74) is 0.600. The molecule has 1 saturated heterocycles. The van der Waals surface area contributed by atoms with Crippen LogP contribution in [0, 0.1) is 5.92 Å². The number of aliphatic hydroxyl groups is 3. The highest BCUT2D eigenvalue weighted by molar-refractivity contribution is 5.15. The fourth-order valence-electron chi connectivity index (χ4n) is 3.80. The molecular weight excluding hydrogens is 304 g/mol. The number of hydrogen-bond acceptors (Lipinski definition) is 4. The standard InChI is InChI=1S/C20H34O4/c1-14(2)20(23)11-10-19(4)17(22)9-8-16(13-21)7-5-6-15(3)12-18(20)24-19/h7,12,14,17-18,21-23H,5-6,8-11,13H2,1-4H3. The van der Waals surface area contributed by atoms with Gasteiger partial charge >= 0.3 is 0 Å². The molecule has 0 radical (unpaired) electrons. The molecule has 4 unspecified atom stereocenters. The van der Waals surface area contributed by atoms with Crippen molar-refractivity contribution in [1.82, 2.24) is 0 Å². The molecule has 0 amide bonds. The van der Waals surface area contributed by atoms with Crippen LogP contribution in [0.15, 0.2) is 23.3 Å². The summed E-state index contributed by atoms with van der Waals surface area (Å²) < 4.78 is 6.32. The Morgan fingerprint density at radius 1 is 1.29 bits per heavy atom. The van der Waals surface area contributed by atoms with Gasteiger partial charge in [0, 0.05) is 0 Å². The van der Waals surface area contributed by atoms with Gasteiger partial charge in [-0.15, -0.1) is 0 Å². The summed E-state index contributed by atoms with van der Waals surface area (Å²) in [6.45, 7) is 8.10. The van der Waals surface area contributed by atoms with Crippen molar-refractivity contribution < 1.29 is 20.1 Å². The molecule has 2 rings (SSSR count). The SMILES string of the molecule is CC1=CC2OC(C)(CCC2(O)C(C)C)C(O)CCC(CO)=CCC1. The minimum Gasteiger partial charge on any atom is -0.392 e. The van der Waals surface area contributed by atoms with Crippen molar-refractivity contribution >= 4 is 0 Å². The van der Waals surface area contributed by atoms with Crippen molar-refractivity contribution in [3.8, 4) is 0 Å². The van der Waals surface area contributed by atoms with Crippen molar-refractivity contribution in [3.05, 3.63) is 23.3 Å². The second kappa shape index (κ2) is 7.69. The molecule has 2 aliphatic rings. The first-order valence-electron chi connectivity index (χ1n) is 9.25. The molecule has 0 aromatic carbocycles. The van der Waals surface area contributed by atoms with E-state index in [1.165, 1.54) is 5.57 Å². The molecule has 0 aromatic rings. The number of rotatable bonds is 2. The molecule has 4 atom stereocenters. The van der Waals surface area contributed by atoms with Gasteiger partial charge in [0.05, 0.1) is 23.9 Å². The molecule has 3 N–H and O–H groups in total. The molecule has 2 bridgehead atoms. The lowest BCUT2D eigenvalue weighted by atomic mass is 9.73. The van der Waals surface area contributed by atoms with Gasteiger partial charge in [0.2, 0.25) is 0 Å². The first-order valence-corrected chi connectivity index (χ1v) is 9.25. The summed E-state index contributed by atoms with van der Waals surface area (Å²) in [5.74, 6) is 0.0852. The summed E-state index contributed by atoms with van der Waals surface area (Å²) in [4.78, 5) is 0. The zero-order valence-electron chi connectivity index (χ0n) is 15.6. The van der Waals surface area contributed by atoms with E-state index in [1.807, 2.05) is 26.8 Å². The Balaban J connectivity index is 2.35. The van der Waals surface area contributed by atoms with Gasteiger partial charge in [-0.3, -0.25) is 0 Å². The predicted molar refractivity (Wildman–Crippen MR) is 95.7 cm³/mol. The van der Waals surface area contributed by atoms with Crippen LogP contribution in [-0.2, 0) is 4.74 Å². The Morgan fingerprint density at radius 3 is 2.62 bits per heavy atom. The minimum absolute atomic E-state index is 0.0444. The first-order chi connectivity index (χ1) is 11.2. The third-order valence-corrected chi connectivity index (χ3v) is 5.96. The largest absolute Gasteiger partial charge is 0.392 e. The lowest BCUT2D eigenvalue weighted by Crippen LogP contribution is -2.59. The maximum atomic E-state index is 11.2. The number of aliphatic hydroxyl groups excluding tert-OH is 2. The van der Waals surface area contributed by atoms with E-state index >= 15 is 0 Å². The van der Waals surface area contributed by atoms with Gasteiger partial charge < -0.3 is 20.1 Å². The van der Waals surface area contributed by atoms with E-state index in [0.29, 0.717) is 25.7 Å². The van der Waals surface area contributed by atoms with E-state index in [-0.39, 0.29) is 12.5 Å². The lowest BCUT2D eigenvalue weighted by Gasteiger charge is -2.50. The normalized spacial score (nSPS) is 38.8. The van der Waals surface area contributed by atoms with Crippen molar-refractivity contribution in [3.63, 3.8) is 0 Å². The molecule has 4 nitrogen and oxygen atoms in total. The van der Waals surface area contributed by atoms with Crippen LogP contribution < -0.4 is 0 Å². The maximum absolute atomic E-state index is 11.2. The molecular formula is C20H34O4. The molecule has 1 fully saturated rings. The highest BCUT2D eigenvalue weighted by Gasteiger charge is 2.50. The smallest absolute Gasteiger partial charge is 0.106 e. The Bertz CT molecular complexity index is 496.